The van der Waals surface area contributed by atoms with Crippen LogP contribution in [-0.2, 0) is 4.79 Å². The molecular weight excluding hydrogens is 320 g/mol. The molecule has 0 saturated heterocycles. The van der Waals surface area contributed by atoms with E-state index in [0.717, 1.165) is 5.75 Å². The molecule has 3 rings (SSSR count). The highest BCUT2D eigenvalue weighted by molar-refractivity contribution is 8.14. The highest BCUT2D eigenvalue weighted by Gasteiger charge is 2.23. The van der Waals surface area contributed by atoms with Crippen molar-refractivity contribution >= 4 is 39.8 Å². The summed E-state index contributed by atoms with van der Waals surface area (Å²) in [4.78, 5) is 28.4. The molecule has 4 N–H and O–H groups in total. The van der Waals surface area contributed by atoms with Gasteiger partial charge in [0.05, 0.1) is 13.2 Å². The molecule has 0 aliphatic carbocycles. The molecule has 2 heterocycles. The Morgan fingerprint density at radius 1 is 1.35 bits per heavy atom. The van der Waals surface area contributed by atoms with E-state index in [-0.39, 0.29) is 0 Å². The molecule has 1 aliphatic rings. The molecule has 9 nitrogen and oxygen atoms in total. The number of hydrogen-bond donors (Lipinski definition) is 4. The molecule has 1 atom stereocenters. The number of nitrogens with one attached hydrogen (secondary N) is 3. The van der Waals surface area contributed by atoms with E-state index < -0.39 is 24.5 Å². The normalized spacial score (nSPS) is 15.3. The van der Waals surface area contributed by atoms with Gasteiger partial charge in [-0.1, -0.05) is 11.8 Å². The molecule has 0 spiro atoms. The van der Waals surface area contributed by atoms with Crippen LogP contribution in [0.3, 0.4) is 0 Å². The first-order chi connectivity index (χ1) is 11.2. The third-order valence-corrected chi connectivity index (χ3v) is 4.09. The number of amides is 2. The van der Waals surface area contributed by atoms with Crippen molar-refractivity contribution in [2.24, 2.45) is 4.99 Å². The number of nitrogens with zero attached hydrogens (tertiary/aromatic N) is 3. The van der Waals surface area contributed by atoms with Crippen molar-refractivity contribution < 1.29 is 14.7 Å². The number of rotatable bonds is 4. The predicted molar refractivity (Wildman–Crippen MR) is 85.1 cm³/mol. The van der Waals surface area contributed by atoms with Crippen molar-refractivity contribution in [3.63, 3.8) is 0 Å². The van der Waals surface area contributed by atoms with E-state index in [1.165, 1.54) is 11.8 Å². The van der Waals surface area contributed by atoms with E-state index in [1.807, 2.05) is 0 Å². The number of aliphatic hydroxyl groups is 1. The lowest BCUT2D eigenvalue weighted by atomic mass is 10.1. The number of H-pyrrole nitrogens is 1. The predicted octanol–water partition coefficient (Wildman–Crippen LogP) is -0.732. The minimum Gasteiger partial charge on any atom is -0.394 e. The molecule has 0 bridgehead atoms. The van der Waals surface area contributed by atoms with Crippen molar-refractivity contribution in [3.05, 3.63) is 23.8 Å². The van der Waals surface area contributed by atoms with Crippen LogP contribution in [0.2, 0.25) is 0 Å². The van der Waals surface area contributed by atoms with Crippen molar-refractivity contribution in [2.75, 3.05) is 18.9 Å². The number of thioether (sulfide) groups is 1. The molecule has 0 saturated carbocycles. The summed E-state index contributed by atoms with van der Waals surface area (Å²) >= 11 is 1.42. The standard InChI is InChI=1S/C13H14N6O3S/c20-6-10(12(22)16-13-14-3-4-23-13)15-11(21)7-1-2-8-9(5-7)18-19-17-8/h1-2,5,10,20H,3-4,6H2,(H,15,21)(H,14,16,22)(H,17,18,19)/t10-/m0/s1. The topological polar surface area (TPSA) is 132 Å². The van der Waals surface area contributed by atoms with E-state index in [0.29, 0.717) is 28.3 Å². The van der Waals surface area contributed by atoms with Crippen LogP contribution in [0, 0.1) is 0 Å². The van der Waals surface area contributed by atoms with Crippen LogP contribution in [0.15, 0.2) is 23.2 Å². The Labute approximate surface area is 134 Å². The van der Waals surface area contributed by atoms with E-state index in [2.05, 4.69) is 31.0 Å². The second-order valence-corrected chi connectivity index (χ2v) is 5.84. The zero-order chi connectivity index (χ0) is 16.2. The fourth-order valence-corrected chi connectivity index (χ4v) is 2.75. The maximum atomic E-state index is 12.2. The Morgan fingerprint density at radius 2 is 2.17 bits per heavy atom. The maximum absolute atomic E-state index is 12.2. The van der Waals surface area contributed by atoms with Gasteiger partial charge < -0.3 is 15.7 Å². The largest absolute Gasteiger partial charge is 0.394 e. The number of aliphatic imine (C=N–C) groups is 1. The number of aromatic amines is 1. The van der Waals surface area contributed by atoms with Gasteiger partial charge in [-0.05, 0) is 18.2 Å². The fraction of sp³-hybridized carbons (Fsp3) is 0.308. The third kappa shape index (κ3) is 3.48. The first-order valence-electron chi connectivity index (χ1n) is 6.88. The molecular formula is C13H14N6O3S. The third-order valence-electron chi connectivity index (χ3n) is 3.20. The van der Waals surface area contributed by atoms with E-state index in [4.69, 9.17) is 0 Å². The van der Waals surface area contributed by atoms with Gasteiger partial charge in [0.15, 0.2) is 5.17 Å². The van der Waals surface area contributed by atoms with E-state index >= 15 is 0 Å². The summed E-state index contributed by atoms with van der Waals surface area (Å²) in [6, 6.07) is 3.71. The minimum atomic E-state index is -1.06. The number of hydrogen-bond acceptors (Lipinski definition) is 7. The Balaban J connectivity index is 1.67. The minimum absolute atomic E-state index is 0.324. The van der Waals surface area contributed by atoms with Gasteiger partial charge in [-0.2, -0.15) is 15.4 Å². The molecule has 23 heavy (non-hydrogen) atoms. The monoisotopic (exact) mass is 334 g/mol. The molecule has 1 aliphatic heterocycles. The highest BCUT2D eigenvalue weighted by Crippen LogP contribution is 2.11. The molecule has 2 aromatic rings. The number of fused-ring (bicyclic) bond motifs is 1. The Kier molecular flexibility index (Phi) is 4.53. The lowest BCUT2D eigenvalue weighted by molar-refractivity contribution is -0.122. The lowest BCUT2D eigenvalue weighted by Crippen LogP contribution is -2.49. The Hall–Kier alpha value is -2.46. The molecule has 0 fully saturated rings. The van der Waals surface area contributed by atoms with Crippen LogP contribution in [-0.4, -0.2) is 62.4 Å². The summed E-state index contributed by atoms with van der Waals surface area (Å²) in [5.74, 6) is -0.176. The van der Waals surface area contributed by atoms with Crippen molar-refractivity contribution in [1.82, 2.24) is 26.0 Å². The zero-order valence-corrected chi connectivity index (χ0v) is 12.8. The van der Waals surface area contributed by atoms with Gasteiger partial charge in [0.25, 0.3) is 11.8 Å². The molecule has 2 amide bonds. The van der Waals surface area contributed by atoms with Gasteiger partial charge in [-0.15, -0.1) is 0 Å². The summed E-state index contributed by atoms with van der Waals surface area (Å²) in [6.07, 6.45) is 0. The van der Waals surface area contributed by atoms with Crippen LogP contribution in [0.5, 0.6) is 0 Å². The molecule has 120 valence electrons. The van der Waals surface area contributed by atoms with Crippen LogP contribution < -0.4 is 10.6 Å². The summed E-state index contributed by atoms with van der Waals surface area (Å²) in [5.41, 5.74) is 1.50. The summed E-state index contributed by atoms with van der Waals surface area (Å²) in [5, 5.41) is 25.2. The summed E-state index contributed by atoms with van der Waals surface area (Å²) in [6.45, 7) is 0.135. The van der Waals surface area contributed by atoms with Crippen LogP contribution in [0.25, 0.3) is 11.0 Å². The van der Waals surface area contributed by atoms with Gasteiger partial charge >= 0.3 is 0 Å². The number of carbonyl (C=O) groups is 2. The fourth-order valence-electron chi connectivity index (χ4n) is 2.02. The number of aliphatic hydroxyl groups excluding tert-OH is 1. The maximum Gasteiger partial charge on any atom is 0.252 e. The smallest absolute Gasteiger partial charge is 0.252 e. The van der Waals surface area contributed by atoms with Gasteiger partial charge in [-0.25, -0.2) is 0 Å². The van der Waals surface area contributed by atoms with Gasteiger partial charge in [0.1, 0.15) is 17.1 Å². The highest BCUT2D eigenvalue weighted by atomic mass is 32.2. The Morgan fingerprint density at radius 3 is 2.91 bits per heavy atom. The number of benzene rings is 1. The van der Waals surface area contributed by atoms with Crippen molar-refractivity contribution in [3.8, 4) is 0 Å². The Bertz CT molecular complexity index is 774. The molecule has 0 radical (unpaired) electrons. The second-order valence-electron chi connectivity index (χ2n) is 4.76. The molecule has 10 heteroatoms. The molecule has 1 aromatic carbocycles. The van der Waals surface area contributed by atoms with Crippen LogP contribution in [0.4, 0.5) is 0 Å². The van der Waals surface area contributed by atoms with Gasteiger partial charge in [0, 0.05) is 11.3 Å². The average molecular weight is 334 g/mol. The van der Waals surface area contributed by atoms with E-state index in [9.17, 15) is 14.7 Å². The number of amidine groups is 1. The summed E-state index contributed by atoms with van der Waals surface area (Å²) in [7, 11) is 0. The van der Waals surface area contributed by atoms with E-state index in [1.54, 1.807) is 18.2 Å². The first-order valence-corrected chi connectivity index (χ1v) is 7.86. The number of carbonyl (C=O) groups excluding carboxylic acids is 2. The van der Waals surface area contributed by atoms with Crippen LogP contribution in [0.1, 0.15) is 10.4 Å². The first kappa shape index (κ1) is 15.4. The van der Waals surface area contributed by atoms with Crippen molar-refractivity contribution in [1.29, 1.82) is 0 Å². The average Bonchev–Trinajstić information content (AvgIpc) is 3.22. The molecule has 1 aromatic heterocycles. The lowest BCUT2D eigenvalue weighted by Gasteiger charge is -2.15. The van der Waals surface area contributed by atoms with Gasteiger partial charge in [-0.3, -0.25) is 14.6 Å². The van der Waals surface area contributed by atoms with Crippen LogP contribution >= 0.6 is 11.8 Å². The van der Waals surface area contributed by atoms with Crippen molar-refractivity contribution in [2.45, 2.75) is 6.04 Å². The number of aromatic nitrogens is 3. The zero-order valence-electron chi connectivity index (χ0n) is 11.9. The van der Waals surface area contributed by atoms with Gasteiger partial charge in [0.2, 0.25) is 0 Å². The quantitative estimate of drug-likeness (QED) is 0.583. The SMILES string of the molecule is O=C(N[C@@H](CO)C(=O)NC1=NCCS1)c1ccc2n[nH]nc2c1. The molecule has 0 unspecified atom stereocenters. The second kappa shape index (κ2) is 6.75. The summed E-state index contributed by atoms with van der Waals surface area (Å²) < 4.78 is 0.